The molecule has 1 N–H and O–H groups in total. The van der Waals surface area contributed by atoms with Crippen molar-refractivity contribution in [1.82, 2.24) is 20.0 Å². The summed E-state index contributed by atoms with van der Waals surface area (Å²) in [4.78, 5) is 14.7. The van der Waals surface area contributed by atoms with Gasteiger partial charge in [-0.3, -0.25) is 9.48 Å². The van der Waals surface area contributed by atoms with Crippen molar-refractivity contribution >= 4 is 17.5 Å². The van der Waals surface area contributed by atoms with Gasteiger partial charge in [-0.15, -0.1) is 0 Å². The van der Waals surface area contributed by atoms with Crippen LogP contribution in [-0.4, -0.2) is 41.2 Å². The topological polar surface area (TPSA) is 50.2 Å². The van der Waals surface area contributed by atoms with Crippen LogP contribution in [0.5, 0.6) is 0 Å². The molecule has 124 valence electrons. The number of nitrogens with zero attached hydrogens (tertiary/aromatic N) is 3. The Morgan fingerprint density at radius 3 is 2.52 bits per heavy atom. The van der Waals surface area contributed by atoms with Crippen LogP contribution in [0.4, 0.5) is 0 Å². The summed E-state index contributed by atoms with van der Waals surface area (Å²) in [6, 6.07) is 7.54. The molecule has 1 aromatic heterocycles. The monoisotopic (exact) mass is 334 g/mol. The Hall–Kier alpha value is -1.85. The van der Waals surface area contributed by atoms with Gasteiger partial charge < -0.3 is 10.2 Å². The highest BCUT2D eigenvalue weighted by Crippen LogP contribution is 2.20. The molecule has 5 nitrogen and oxygen atoms in total. The van der Waals surface area contributed by atoms with E-state index >= 15 is 0 Å². The van der Waals surface area contributed by atoms with Gasteiger partial charge in [0.05, 0.1) is 17.8 Å². The number of hydrogen-bond acceptors (Lipinski definition) is 3. The first-order valence-electron chi connectivity index (χ1n) is 7.58. The molecule has 2 rings (SSSR count). The highest BCUT2D eigenvalue weighted by Gasteiger charge is 2.19. The van der Waals surface area contributed by atoms with Crippen LogP contribution in [0.25, 0.3) is 0 Å². The number of hydrogen-bond donors (Lipinski definition) is 1. The average Bonchev–Trinajstić information content (AvgIpc) is 2.84. The van der Waals surface area contributed by atoms with E-state index in [9.17, 15) is 4.79 Å². The van der Waals surface area contributed by atoms with Crippen molar-refractivity contribution < 1.29 is 4.79 Å². The molecule has 0 aliphatic rings. The first-order chi connectivity index (χ1) is 10.9. The Balaban J connectivity index is 2.18. The van der Waals surface area contributed by atoms with Gasteiger partial charge in [-0.25, -0.2) is 0 Å². The molecule has 1 atom stereocenters. The second kappa shape index (κ2) is 7.62. The molecular formula is C17H23ClN4O. The zero-order valence-corrected chi connectivity index (χ0v) is 14.8. The first-order valence-corrected chi connectivity index (χ1v) is 7.96. The number of aromatic nitrogens is 2. The number of carbonyl (C=O) groups excluding carboxylic acids is 1. The highest BCUT2D eigenvalue weighted by atomic mass is 35.5. The first kappa shape index (κ1) is 17.5. The minimum absolute atomic E-state index is 0.0678. The fourth-order valence-electron chi connectivity index (χ4n) is 2.36. The lowest BCUT2D eigenvalue weighted by Crippen LogP contribution is -2.31. The van der Waals surface area contributed by atoms with Gasteiger partial charge in [-0.2, -0.15) is 5.10 Å². The zero-order chi connectivity index (χ0) is 17.0. The summed E-state index contributed by atoms with van der Waals surface area (Å²) < 4.78 is 1.70. The summed E-state index contributed by atoms with van der Waals surface area (Å²) in [6.07, 6.45) is 2.43. The molecule has 0 radical (unpaired) electrons. The molecule has 0 aliphatic carbocycles. The second-order valence-corrected chi connectivity index (χ2v) is 6.37. The van der Waals surface area contributed by atoms with Gasteiger partial charge in [0.15, 0.2) is 0 Å². The third-order valence-electron chi connectivity index (χ3n) is 3.92. The van der Waals surface area contributed by atoms with Gasteiger partial charge >= 0.3 is 0 Å². The van der Waals surface area contributed by atoms with E-state index in [1.807, 2.05) is 52.3 Å². The SMILES string of the molecule is Cc1c(C(=O)NC(CCN(C)C)c2ccc(Cl)cc2)cnn1C. The maximum absolute atomic E-state index is 12.6. The number of halogens is 1. The van der Waals surface area contributed by atoms with Crippen LogP contribution < -0.4 is 5.32 Å². The predicted molar refractivity (Wildman–Crippen MR) is 92.8 cm³/mol. The van der Waals surface area contributed by atoms with E-state index in [0.717, 1.165) is 24.2 Å². The van der Waals surface area contributed by atoms with Crippen molar-refractivity contribution in [3.05, 3.63) is 52.3 Å². The van der Waals surface area contributed by atoms with Crippen LogP contribution >= 0.6 is 11.6 Å². The van der Waals surface area contributed by atoms with E-state index in [0.29, 0.717) is 10.6 Å². The van der Waals surface area contributed by atoms with E-state index in [1.54, 1.807) is 10.9 Å². The fourth-order valence-corrected chi connectivity index (χ4v) is 2.49. The van der Waals surface area contributed by atoms with Crippen molar-refractivity contribution in [2.45, 2.75) is 19.4 Å². The molecule has 1 amide bonds. The van der Waals surface area contributed by atoms with Gasteiger partial charge in [0, 0.05) is 17.8 Å². The van der Waals surface area contributed by atoms with Crippen LogP contribution in [0.15, 0.2) is 30.5 Å². The number of carbonyl (C=O) groups is 1. The molecule has 0 fully saturated rings. The van der Waals surface area contributed by atoms with Gasteiger partial charge in [0.1, 0.15) is 0 Å². The maximum Gasteiger partial charge on any atom is 0.255 e. The van der Waals surface area contributed by atoms with Crippen molar-refractivity contribution in [3.63, 3.8) is 0 Å². The molecule has 0 bridgehead atoms. The molecular weight excluding hydrogens is 312 g/mol. The molecule has 0 aliphatic heterocycles. The molecule has 0 saturated carbocycles. The summed E-state index contributed by atoms with van der Waals surface area (Å²) in [7, 11) is 5.87. The van der Waals surface area contributed by atoms with Crippen molar-refractivity contribution in [2.75, 3.05) is 20.6 Å². The Kier molecular flexibility index (Phi) is 5.80. The minimum Gasteiger partial charge on any atom is -0.345 e. The van der Waals surface area contributed by atoms with E-state index in [2.05, 4.69) is 15.3 Å². The number of rotatable bonds is 6. The lowest BCUT2D eigenvalue weighted by molar-refractivity contribution is 0.0932. The van der Waals surface area contributed by atoms with E-state index in [1.165, 1.54) is 0 Å². The van der Waals surface area contributed by atoms with Crippen molar-refractivity contribution in [1.29, 1.82) is 0 Å². The zero-order valence-electron chi connectivity index (χ0n) is 14.0. The average molecular weight is 335 g/mol. The predicted octanol–water partition coefficient (Wildman–Crippen LogP) is 2.80. The van der Waals surface area contributed by atoms with Crippen LogP contribution in [0.1, 0.15) is 34.1 Å². The quantitative estimate of drug-likeness (QED) is 0.883. The normalized spacial score (nSPS) is 12.4. The van der Waals surface area contributed by atoms with Gasteiger partial charge in [0.25, 0.3) is 5.91 Å². The van der Waals surface area contributed by atoms with Crippen molar-refractivity contribution in [3.8, 4) is 0 Å². The number of amides is 1. The standard InChI is InChI=1S/C17H23ClN4O/c1-12-15(11-19-22(12)4)17(23)20-16(9-10-21(2)3)13-5-7-14(18)8-6-13/h5-8,11,16H,9-10H2,1-4H3,(H,20,23). The molecule has 6 heteroatoms. The third-order valence-corrected chi connectivity index (χ3v) is 4.17. The lowest BCUT2D eigenvalue weighted by Gasteiger charge is -2.21. The summed E-state index contributed by atoms with van der Waals surface area (Å²) in [5.41, 5.74) is 2.51. The number of benzene rings is 1. The van der Waals surface area contributed by atoms with E-state index in [-0.39, 0.29) is 11.9 Å². The molecule has 0 spiro atoms. The number of aryl methyl sites for hydroxylation is 1. The number of nitrogens with one attached hydrogen (secondary N) is 1. The van der Waals surface area contributed by atoms with Crippen LogP contribution in [-0.2, 0) is 7.05 Å². The van der Waals surface area contributed by atoms with Crippen molar-refractivity contribution in [2.24, 2.45) is 7.05 Å². The Morgan fingerprint density at radius 1 is 1.35 bits per heavy atom. The smallest absolute Gasteiger partial charge is 0.255 e. The molecule has 1 aromatic carbocycles. The van der Waals surface area contributed by atoms with Gasteiger partial charge in [0.2, 0.25) is 0 Å². The molecule has 0 saturated heterocycles. The maximum atomic E-state index is 12.6. The van der Waals surface area contributed by atoms with Gasteiger partial charge in [-0.05, 0) is 51.7 Å². The van der Waals surface area contributed by atoms with Crippen LogP contribution in [0, 0.1) is 6.92 Å². The summed E-state index contributed by atoms with van der Waals surface area (Å²) >= 11 is 5.96. The third kappa shape index (κ3) is 4.56. The summed E-state index contributed by atoms with van der Waals surface area (Å²) in [5, 5.41) is 7.94. The van der Waals surface area contributed by atoms with Crippen LogP contribution in [0.2, 0.25) is 5.02 Å². The summed E-state index contributed by atoms with van der Waals surface area (Å²) in [5.74, 6) is -0.102. The largest absolute Gasteiger partial charge is 0.345 e. The van der Waals surface area contributed by atoms with E-state index < -0.39 is 0 Å². The van der Waals surface area contributed by atoms with Gasteiger partial charge in [-0.1, -0.05) is 23.7 Å². The highest BCUT2D eigenvalue weighted by molar-refractivity contribution is 6.30. The Labute approximate surface area is 142 Å². The molecule has 23 heavy (non-hydrogen) atoms. The molecule has 1 unspecified atom stereocenters. The molecule has 1 heterocycles. The second-order valence-electron chi connectivity index (χ2n) is 5.94. The minimum atomic E-state index is -0.102. The fraction of sp³-hybridized carbons (Fsp3) is 0.412. The Morgan fingerprint density at radius 2 is 2.00 bits per heavy atom. The lowest BCUT2D eigenvalue weighted by atomic mass is 10.0. The van der Waals surface area contributed by atoms with E-state index in [4.69, 9.17) is 11.6 Å². The van der Waals surface area contributed by atoms with Crippen LogP contribution in [0.3, 0.4) is 0 Å². The Bertz CT molecular complexity index is 664. The summed E-state index contributed by atoms with van der Waals surface area (Å²) in [6.45, 7) is 2.76. The molecule has 2 aromatic rings.